The van der Waals surface area contributed by atoms with Gasteiger partial charge in [0.2, 0.25) is 0 Å². The summed E-state index contributed by atoms with van der Waals surface area (Å²) in [6.07, 6.45) is 26.5. The SMILES string of the molecule is CCCCCCCCCCCCOC(=O)CCSCCC(=O)OCCCCCCCCCCCC.Cc1cc(O)c(C(C)(C)C)cc1Sc1cc(C(C)(C)C)c(O)cc1C. The molecule has 0 aliphatic carbocycles. The Kier molecular flexibility index (Phi) is 30.0. The van der Waals surface area contributed by atoms with Crippen molar-refractivity contribution in [3.63, 3.8) is 0 Å². The Labute approximate surface area is 376 Å². The predicted octanol–water partition coefficient (Wildman–Crippen LogP) is 15.9. The molecule has 0 heterocycles. The maximum Gasteiger partial charge on any atom is 0.306 e. The first kappa shape index (κ1) is 55.7. The van der Waals surface area contributed by atoms with Crippen LogP contribution in [0, 0.1) is 13.8 Å². The van der Waals surface area contributed by atoms with Gasteiger partial charge in [0, 0.05) is 32.4 Å². The molecule has 0 unspecified atom stereocenters. The summed E-state index contributed by atoms with van der Waals surface area (Å²) < 4.78 is 10.6. The average molecular weight is 873 g/mol. The zero-order valence-corrected chi connectivity index (χ0v) is 41.7. The number of phenols is 2. The van der Waals surface area contributed by atoms with Crippen LogP contribution in [0.25, 0.3) is 0 Å². The molecule has 60 heavy (non-hydrogen) atoms. The maximum absolute atomic E-state index is 11.8. The molecule has 0 aliphatic heterocycles. The van der Waals surface area contributed by atoms with E-state index in [9.17, 15) is 19.8 Å². The van der Waals surface area contributed by atoms with Gasteiger partial charge in [-0.2, -0.15) is 11.8 Å². The molecular formula is C52H88O6S2. The van der Waals surface area contributed by atoms with Gasteiger partial charge in [-0.15, -0.1) is 0 Å². The van der Waals surface area contributed by atoms with Gasteiger partial charge >= 0.3 is 11.9 Å². The molecule has 0 saturated carbocycles. The van der Waals surface area contributed by atoms with Crippen LogP contribution in [-0.4, -0.2) is 46.9 Å². The molecule has 344 valence electrons. The second-order valence-electron chi connectivity index (χ2n) is 18.8. The maximum atomic E-state index is 11.8. The van der Waals surface area contributed by atoms with E-state index in [0.717, 1.165) is 57.7 Å². The van der Waals surface area contributed by atoms with Gasteiger partial charge in [0.15, 0.2) is 0 Å². The Bertz CT molecular complexity index is 1350. The molecule has 2 aromatic carbocycles. The number of aromatic hydroxyl groups is 2. The Morgan fingerprint density at radius 2 is 0.800 bits per heavy atom. The number of hydrogen-bond acceptors (Lipinski definition) is 8. The van der Waals surface area contributed by atoms with Crippen molar-refractivity contribution in [3.05, 3.63) is 46.5 Å². The van der Waals surface area contributed by atoms with Gasteiger partial charge in [-0.3, -0.25) is 9.59 Å². The highest BCUT2D eigenvalue weighted by Gasteiger charge is 2.23. The van der Waals surface area contributed by atoms with Crippen molar-refractivity contribution < 1.29 is 29.3 Å². The fourth-order valence-corrected chi connectivity index (χ4v) is 8.85. The number of hydrogen-bond donors (Lipinski definition) is 2. The summed E-state index contributed by atoms with van der Waals surface area (Å²) in [6.45, 7) is 22.3. The summed E-state index contributed by atoms with van der Waals surface area (Å²) in [5, 5.41) is 20.6. The van der Waals surface area contributed by atoms with Crippen LogP contribution in [0.1, 0.15) is 219 Å². The monoisotopic (exact) mass is 873 g/mol. The van der Waals surface area contributed by atoms with Gasteiger partial charge in [-0.25, -0.2) is 0 Å². The first-order valence-electron chi connectivity index (χ1n) is 23.8. The van der Waals surface area contributed by atoms with E-state index in [-0.39, 0.29) is 22.8 Å². The number of aryl methyl sites for hydroxylation is 2. The Morgan fingerprint density at radius 1 is 0.500 bits per heavy atom. The Hall–Kier alpha value is -2.32. The lowest BCUT2D eigenvalue weighted by Gasteiger charge is -2.24. The molecule has 0 bridgehead atoms. The van der Waals surface area contributed by atoms with E-state index in [0.29, 0.717) is 49.1 Å². The third-order valence-corrected chi connectivity index (χ3v) is 13.2. The van der Waals surface area contributed by atoms with Crippen LogP contribution in [0.15, 0.2) is 34.1 Å². The van der Waals surface area contributed by atoms with Crippen LogP contribution in [0.4, 0.5) is 0 Å². The van der Waals surface area contributed by atoms with Gasteiger partial charge in [0.1, 0.15) is 11.5 Å². The molecule has 2 rings (SSSR count). The summed E-state index contributed by atoms with van der Waals surface area (Å²) in [5.74, 6) is 1.90. The van der Waals surface area contributed by atoms with Crippen LogP contribution < -0.4 is 0 Å². The van der Waals surface area contributed by atoms with Crippen molar-refractivity contribution in [1.82, 2.24) is 0 Å². The fraction of sp³-hybridized carbons (Fsp3) is 0.731. The first-order valence-corrected chi connectivity index (χ1v) is 25.7. The standard InChI is InChI=1S/C30H58O4S.C22H30O2S/c1-3-5-7-9-11-13-15-17-19-21-25-33-29(31)23-27-35-28-24-30(32)34-26-22-20-18-16-14-12-10-8-6-4-2;1-13-9-17(23)15(21(3,4)5)11-19(13)25-20-12-16(22(6,7)8)18(24)10-14(20)2/h3-28H2,1-2H3;9-12,23-24H,1-8H3. The van der Waals surface area contributed by atoms with Crippen LogP contribution in [-0.2, 0) is 29.9 Å². The van der Waals surface area contributed by atoms with Crippen molar-refractivity contribution in [2.75, 3.05) is 24.7 Å². The lowest BCUT2D eigenvalue weighted by Crippen LogP contribution is -2.12. The number of unbranched alkanes of at least 4 members (excludes halogenated alkanes) is 18. The third-order valence-electron chi connectivity index (χ3n) is 10.8. The largest absolute Gasteiger partial charge is 0.508 e. The molecule has 0 aliphatic rings. The van der Waals surface area contributed by atoms with Crippen molar-refractivity contribution in [2.45, 2.75) is 231 Å². The van der Waals surface area contributed by atoms with Gasteiger partial charge in [-0.1, -0.05) is 183 Å². The number of carbonyl (C=O) groups is 2. The number of carbonyl (C=O) groups excluding carboxylic acids is 2. The van der Waals surface area contributed by atoms with E-state index in [1.807, 2.05) is 26.0 Å². The minimum absolute atomic E-state index is 0.114. The van der Waals surface area contributed by atoms with Gasteiger partial charge in [0.05, 0.1) is 26.1 Å². The zero-order valence-electron chi connectivity index (χ0n) is 40.0. The molecule has 0 amide bonds. The van der Waals surface area contributed by atoms with E-state index in [1.54, 1.807) is 23.5 Å². The zero-order chi connectivity index (χ0) is 44.8. The lowest BCUT2D eigenvalue weighted by atomic mass is 9.86. The van der Waals surface area contributed by atoms with E-state index in [1.165, 1.54) is 103 Å². The van der Waals surface area contributed by atoms with Gasteiger partial charge in [-0.05, 0) is 72.9 Å². The van der Waals surface area contributed by atoms with Crippen molar-refractivity contribution in [1.29, 1.82) is 0 Å². The molecule has 2 N–H and O–H groups in total. The summed E-state index contributed by atoms with van der Waals surface area (Å²) in [4.78, 5) is 25.9. The lowest BCUT2D eigenvalue weighted by molar-refractivity contribution is -0.144. The highest BCUT2D eigenvalue weighted by atomic mass is 32.2. The second kappa shape index (κ2) is 32.4. The number of ether oxygens (including phenoxy) is 2. The number of phenolic OH excluding ortho intramolecular Hbond substituents is 2. The second-order valence-corrected chi connectivity index (χ2v) is 21.1. The topological polar surface area (TPSA) is 93.1 Å². The summed E-state index contributed by atoms with van der Waals surface area (Å²) in [5.41, 5.74) is 3.78. The normalized spacial score (nSPS) is 11.6. The van der Waals surface area contributed by atoms with E-state index in [2.05, 4.69) is 67.5 Å². The molecule has 6 nitrogen and oxygen atoms in total. The molecule has 0 radical (unpaired) electrons. The number of benzene rings is 2. The molecule has 8 heteroatoms. The molecule has 2 aromatic rings. The van der Waals surface area contributed by atoms with Crippen molar-refractivity contribution in [2.24, 2.45) is 0 Å². The summed E-state index contributed by atoms with van der Waals surface area (Å²) in [7, 11) is 0. The summed E-state index contributed by atoms with van der Waals surface area (Å²) >= 11 is 3.32. The summed E-state index contributed by atoms with van der Waals surface area (Å²) in [6, 6.07) is 7.89. The van der Waals surface area contributed by atoms with E-state index >= 15 is 0 Å². The van der Waals surface area contributed by atoms with Crippen molar-refractivity contribution >= 4 is 35.5 Å². The van der Waals surface area contributed by atoms with Crippen molar-refractivity contribution in [3.8, 4) is 11.5 Å². The smallest absolute Gasteiger partial charge is 0.306 e. The minimum atomic E-state index is -0.117. The Balaban J connectivity index is 0.000000631. The van der Waals surface area contributed by atoms with E-state index < -0.39 is 0 Å². The number of rotatable bonds is 30. The van der Waals surface area contributed by atoms with Crippen LogP contribution in [0.5, 0.6) is 11.5 Å². The first-order chi connectivity index (χ1) is 28.5. The molecule has 0 fully saturated rings. The molecule has 0 spiro atoms. The fourth-order valence-electron chi connectivity index (χ4n) is 6.99. The highest BCUT2D eigenvalue weighted by molar-refractivity contribution is 7.99. The van der Waals surface area contributed by atoms with Crippen LogP contribution in [0.2, 0.25) is 0 Å². The van der Waals surface area contributed by atoms with E-state index in [4.69, 9.17) is 9.47 Å². The van der Waals surface area contributed by atoms with Gasteiger partial charge < -0.3 is 19.7 Å². The number of esters is 2. The minimum Gasteiger partial charge on any atom is -0.508 e. The molecule has 0 saturated heterocycles. The van der Waals surface area contributed by atoms with Crippen LogP contribution >= 0.6 is 23.5 Å². The van der Waals surface area contributed by atoms with Gasteiger partial charge in [0.25, 0.3) is 0 Å². The van der Waals surface area contributed by atoms with Crippen LogP contribution in [0.3, 0.4) is 0 Å². The quantitative estimate of drug-likeness (QED) is 0.0592. The molecular weight excluding hydrogens is 785 g/mol. The third kappa shape index (κ3) is 26.2. The highest BCUT2D eigenvalue weighted by Crippen LogP contribution is 2.42. The molecule has 0 aromatic heterocycles. The Morgan fingerprint density at radius 3 is 1.10 bits per heavy atom. The number of thioether (sulfide) groups is 1. The average Bonchev–Trinajstić information content (AvgIpc) is 3.17. The molecule has 0 atom stereocenters. The predicted molar refractivity (Wildman–Crippen MR) is 259 cm³/mol.